The maximum atomic E-state index is 6.08. The van der Waals surface area contributed by atoms with E-state index < -0.39 is 0 Å². The highest BCUT2D eigenvalue weighted by atomic mass is 79.9. The second-order valence-corrected chi connectivity index (χ2v) is 4.48. The van der Waals surface area contributed by atoms with Gasteiger partial charge in [0, 0.05) is 23.8 Å². The van der Waals surface area contributed by atoms with Gasteiger partial charge < -0.3 is 4.90 Å². The van der Waals surface area contributed by atoms with Gasteiger partial charge >= 0.3 is 0 Å². The Labute approximate surface area is 91.0 Å². The van der Waals surface area contributed by atoms with Gasteiger partial charge in [-0.1, -0.05) is 11.6 Å². The molecule has 1 aliphatic rings. The number of halogens is 2. The molecule has 1 aromatic rings. The summed E-state index contributed by atoms with van der Waals surface area (Å²) in [6.45, 7) is 2.16. The Bertz CT molecular complexity index is 310. The number of hydrogen-bond acceptors (Lipinski definition) is 2. The van der Waals surface area contributed by atoms with Gasteiger partial charge in [0.15, 0.2) is 0 Å². The molecule has 0 unspecified atom stereocenters. The van der Waals surface area contributed by atoms with Gasteiger partial charge in [0.2, 0.25) is 0 Å². The first-order valence-electron chi connectivity index (χ1n) is 4.33. The predicted molar refractivity (Wildman–Crippen MR) is 58.4 cm³/mol. The minimum Gasteiger partial charge on any atom is -0.355 e. The molecule has 0 spiro atoms. The van der Waals surface area contributed by atoms with E-state index in [1.807, 2.05) is 6.07 Å². The van der Waals surface area contributed by atoms with Crippen LogP contribution in [-0.2, 0) is 0 Å². The van der Waals surface area contributed by atoms with Crippen molar-refractivity contribution in [2.75, 3.05) is 18.0 Å². The first kappa shape index (κ1) is 9.28. The average molecular weight is 262 g/mol. The van der Waals surface area contributed by atoms with Crippen LogP contribution in [0, 0.1) is 0 Å². The number of anilines is 1. The van der Waals surface area contributed by atoms with Crippen LogP contribution in [0.1, 0.15) is 12.8 Å². The third-order valence-corrected chi connectivity index (χ3v) is 2.91. The summed E-state index contributed by atoms with van der Waals surface area (Å²) >= 11 is 9.41. The Balaban J connectivity index is 2.29. The van der Waals surface area contributed by atoms with Crippen molar-refractivity contribution in [3.05, 3.63) is 21.8 Å². The van der Waals surface area contributed by atoms with E-state index in [-0.39, 0.29) is 0 Å². The zero-order valence-corrected chi connectivity index (χ0v) is 9.48. The predicted octanol–water partition coefficient (Wildman–Crippen LogP) is 3.10. The number of pyridine rings is 1. The Kier molecular flexibility index (Phi) is 2.74. The minimum absolute atomic E-state index is 0.733. The summed E-state index contributed by atoms with van der Waals surface area (Å²) in [6, 6.07) is 1.89. The molecule has 0 N–H and O–H groups in total. The summed E-state index contributed by atoms with van der Waals surface area (Å²) in [5.41, 5.74) is 0. The van der Waals surface area contributed by atoms with Gasteiger partial charge in [0.05, 0.1) is 5.02 Å². The second kappa shape index (κ2) is 3.84. The highest BCUT2D eigenvalue weighted by Gasteiger charge is 2.16. The van der Waals surface area contributed by atoms with E-state index >= 15 is 0 Å². The van der Waals surface area contributed by atoms with Crippen molar-refractivity contribution in [3.8, 4) is 0 Å². The first-order valence-corrected chi connectivity index (χ1v) is 5.50. The van der Waals surface area contributed by atoms with E-state index in [4.69, 9.17) is 11.6 Å². The molecule has 1 aliphatic heterocycles. The van der Waals surface area contributed by atoms with Crippen molar-refractivity contribution < 1.29 is 0 Å². The van der Waals surface area contributed by atoms with E-state index in [9.17, 15) is 0 Å². The molecule has 0 amide bonds. The van der Waals surface area contributed by atoms with E-state index in [2.05, 4.69) is 25.8 Å². The summed E-state index contributed by atoms with van der Waals surface area (Å²) in [6.07, 6.45) is 4.28. The number of rotatable bonds is 1. The fourth-order valence-corrected chi connectivity index (χ4v) is 2.32. The van der Waals surface area contributed by atoms with E-state index in [0.29, 0.717) is 0 Å². The largest absolute Gasteiger partial charge is 0.355 e. The molecule has 0 bridgehead atoms. The third kappa shape index (κ3) is 1.97. The fraction of sp³-hybridized carbons (Fsp3) is 0.444. The van der Waals surface area contributed by atoms with Crippen LogP contribution in [0.2, 0.25) is 5.02 Å². The van der Waals surface area contributed by atoms with Gasteiger partial charge in [-0.3, -0.25) is 0 Å². The molecule has 70 valence electrons. The average Bonchev–Trinajstić information content (AvgIpc) is 2.56. The van der Waals surface area contributed by atoms with Crippen molar-refractivity contribution in [1.29, 1.82) is 0 Å². The third-order valence-electron chi connectivity index (χ3n) is 2.19. The van der Waals surface area contributed by atoms with Gasteiger partial charge in [-0.25, -0.2) is 4.98 Å². The zero-order chi connectivity index (χ0) is 9.26. The molecule has 1 fully saturated rings. The van der Waals surface area contributed by atoms with Crippen LogP contribution in [0.3, 0.4) is 0 Å². The molecule has 0 atom stereocenters. The summed E-state index contributed by atoms with van der Waals surface area (Å²) in [5.74, 6) is 0.919. The first-order chi connectivity index (χ1) is 6.27. The van der Waals surface area contributed by atoms with Crippen molar-refractivity contribution in [3.63, 3.8) is 0 Å². The van der Waals surface area contributed by atoms with Crippen molar-refractivity contribution in [1.82, 2.24) is 4.98 Å². The Morgan fingerprint density at radius 3 is 2.69 bits per heavy atom. The quantitative estimate of drug-likeness (QED) is 0.772. The van der Waals surface area contributed by atoms with Crippen LogP contribution < -0.4 is 4.90 Å². The maximum Gasteiger partial charge on any atom is 0.147 e. The van der Waals surface area contributed by atoms with Gasteiger partial charge in [0.25, 0.3) is 0 Å². The van der Waals surface area contributed by atoms with Crippen molar-refractivity contribution in [2.45, 2.75) is 12.8 Å². The Morgan fingerprint density at radius 1 is 1.38 bits per heavy atom. The molecular weight excluding hydrogens is 251 g/mol. The number of nitrogens with zero attached hydrogens (tertiary/aromatic N) is 2. The topological polar surface area (TPSA) is 16.1 Å². The highest BCUT2D eigenvalue weighted by molar-refractivity contribution is 9.10. The zero-order valence-electron chi connectivity index (χ0n) is 7.13. The molecule has 1 aromatic heterocycles. The van der Waals surface area contributed by atoms with Gasteiger partial charge in [0.1, 0.15) is 5.82 Å². The van der Waals surface area contributed by atoms with Crippen LogP contribution in [0.25, 0.3) is 0 Å². The highest BCUT2D eigenvalue weighted by Crippen LogP contribution is 2.28. The fourth-order valence-electron chi connectivity index (χ4n) is 1.57. The molecular formula is C9H10BrClN2. The molecule has 13 heavy (non-hydrogen) atoms. The van der Waals surface area contributed by atoms with Gasteiger partial charge in [-0.15, -0.1) is 0 Å². The molecule has 0 aliphatic carbocycles. The van der Waals surface area contributed by atoms with E-state index in [0.717, 1.165) is 28.4 Å². The lowest BCUT2D eigenvalue weighted by Crippen LogP contribution is -2.19. The summed E-state index contributed by atoms with van der Waals surface area (Å²) in [5, 5.41) is 0.733. The molecule has 2 heterocycles. The molecule has 0 saturated carbocycles. The molecule has 1 saturated heterocycles. The standard InChI is InChI=1S/C9H10BrClN2/c10-7-5-8(11)9(12-6-7)13-3-1-2-4-13/h5-6H,1-4H2. The maximum absolute atomic E-state index is 6.08. The van der Waals surface area contributed by atoms with Crippen LogP contribution in [0.5, 0.6) is 0 Å². The Hall–Kier alpha value is -0.280. The molecule has 2 rings (SSSR count). The summed E-state index contributed by atoms with van der Waals surface area (Å²) < 4.78 is 0.931. The lowest BCUT2D eigenvalue weighted by molar-refractivity contribution is 0.937. The van der Waals surface area contributed by atoms with Gasteiger partial charge in [-0.2, -0.15) is 0 Å². The van der Waals surface area contributed by atoms with Gasteiger partial charge in [-0.05, 0) is 34.8 Å². The molecule has 4 heteroatoms. The monoisotopic (exact) mass is 260 g/mol. The van der Waals surface area contributed by atoms with Crippen molar-refractivity contribution in [2.24, 2.45) is 0 Å². The van der Waals surface area contributed by atoms with Crippen LogP contribution in [-0.4, -0.2) is 18.1 Å². The second-order valence-electron chi connectivity index (χ2n) is 3.15. The van der Waals surface area contributed by atoms with Crippen LogP contribution >= 0.6 is 27.5 Å². The summed E-state index contributed by atoms with van der Waals surface area (Å²) in [7, 11) is 0. The number of hydrogen-bond donors (Lipinski definition) is 0. The summed E-state index contributed by atoms with van der Waals surface area (Å²) in [4.78, 5) is 6.54. The van der Waals surface area contributed by atoms with E-state index in [1.165, 1.54) is 12.8 Å². The van der Waals surface area contributed by atoms with Crippen LogP contribution in [0.4, 0.5) is 5.82 Å². The van der Waals surface area contributed by atoms with Crippen LogP contribution in [0.15, 0.2) is 16.7 Å². The normalized spacial score (nSPS) is 16.6. The lowest BCUT2D eigenvalue weighted by atomic mass is 10.4. The molecule has 0 aromatic carbocycles. The SMILES string of the molecule is Clc1cc(Br)cnc1N1CCCC1. The molecule has 0 radical (unpaired) electrons. The molecule has 2 nitrogen and oxygen atoms in total. The minimum atomic E-state index is 0.733. The Morgan fingerprint density at radius 2 is 2.08 bits per heavy atom. The smallest absolute Gasteiger partial charge is 0.147 e. The van der Waals surface area contributed by atoms with Crippen molar-refractivity contribution >= 4 is 33.3 Å². The number of aromatic nitrogens is 1. The van der Waals surface area contributed by atoms with E-state index in [1.54, 1.807) is 6.20 Å². The lowest BCUT2D eigenvalue weighted by Gasteiger charge is -2.17.